The minimum atomic E-state index is 0.254. The molecule has 1 unspecified atom stereocenters. The summed E-state index contributed by atoms with van der Waals surface area (Å²) in [5.41, 5.74) is 1.10. The molecule has 0 fully saturated rings. The first-order valence-corrected chi connectivity index (χ1v) is 6.28. The summed E-state index contributed by atoms with van der Waals surface area (Å²) in [4.78, 5) is 2.16. The molecule has 0 radical (unpaired) electrons. The Kier molecular flexibility index (Phi) is 5.37. The Bertz CT molecular complexity index is 304. The number of likely N-dealkylation sites (N-methyl/N-ethyl adjacent to an activating group) is 1. The maximum Gasteiger partial charge on any atom is 0.153 e. The maximum atomic E-state index is 4.02. The molecule has 1 rings (SSSR count). The van der Waals surface area contributed by atoms with Crippen LogP contribution in [0.2, 0.25) is 0 Å². The molecule has 1 atom stereocenters. The van der Waals surface area contributed by atoms with Gasteiger partial charge in [-0.15, -0.1) is 5.10 Å². The molecule has 0 saturated heterocycles. The highest BCUT2D eigenvalue weighted by molar-refractivity contribution is 9.10. The molecule has 6 heteroatoms. The van der Waals surface area contributed by atoms with E-state index in [2.05, 4.69) is 57.5 Å². The average molecular weight is 290 g/mol. The van der Waals surface area contributed by atoms with Gasteiger partial charge in [-0.05, 0) is 43.0 Å². The highest BCUT2D eigenvalue weighted by Crippen LogP contribution is 2.20. The van der Waals surface area contributed by atoms with Crippen molar-refractivity contribution in [1.82, 2.24) is 25.2 Å². The zero-order valence-corrected chi connectivity index (χ0v) is 12.0. The van der Waals surface area contributed by atoms with E-state index in [1.165, 1.54) is 0 Å². The van der Waals surface area contributed by atoms with E-state index in [1.807, 2.05) is 11.7 Å². The van der Waals surface area contributed by atoms with Crippen molar-refractivity contribution in [2.45, 2.75) is 19.4 Å². The molecule has 0 aromatic carbocycles. The van der Waals surface area contributed by atoms with Gasteiger partial charge in [-0.25, -0.2) is 4.68 Å². The molecule has 0 aliphatic rings. The Balaban J connectivity index is 2.82. The molecule has 92 valence electrons. The van der Waals surface area contributed by atoms with E-state index in [0.29, 0.717) is 0 Å². The van der Waals surface area contributed by atoms with Crippen molar-refractivity contribution >= 4 is 15.9 Å². The number of halogens is 1. The van der Waals surface area contributed by atoms with Crippen LogP contribution in [0.3, 0.4) is 0 Å². The quantitative estimate of drug-likeness (QED) is 0.854. The summed E-state index contributed by atoms with van der Waals surface area (Å²) in [6, 6.07) is 0.254. The maximum absolute atomic E-state index is 4.02. The van der Waals surface area contributed by atoms with Gasteiger partial charge < -0.3 is 10.2 Å². The smallest absolute Gasteiger partial charge is 0.153 e. The van der Waals surface area contributed by atoms with E-state index in [9.17, 15) is 0 Å². The van der Waals surface area contributed by atoms with Crippen LogP contribution in [0.25, 0.3) is 0 Å². The molecule has 16 heavy (non-hydrogen) atoms. The standard InChI is InChI=1S/C10H20BrN5/c1-5-6-12-8(7-15(2)3)9-10(11)13-14-16(9)4/h8,12H,5-7H2,1-4H3. The lowest BCUT2D eigenvalue weighted by molar-refractivity contribution is 0.332. The van der Waals surface area contributed by atoms with E-state index in [0.717, 1.165) is 29.8 Å². The topological polar surface area (TPSA) is 46.0 Å². The number of aromatic nitrogens is 3. The SMILES string of the molecule is CCCNC(CN(C)C)c1c(Br)nnn1C. The molecule has 1 aromatic heterocycles. The van der Waals surface area contributed by atoms with E-state index >= 15 is 0 Å². The Morgan fingerprint density at radius 3 is 2.62 bits per heavy atom. The molecule has 0 saturated carbocycles. The molecular weight excluding hydrogens is 270 g/mol. The molecule has 5 nitrogen and oxygen atoms in total. The van der Waals surface area contributed by atoms with Crippen molar-refractivity contribution in [1.29, 1.82) is 0 Å². The predicted molar refractivity (Wildman–Crippen MR) is 68.3 cm³/mol. The Labute approximate surface area is 105 Å². The highest BCUT2D eigenvalue weighted by atomic mass is 79.9. The van der Waals surface area contributed by atoms with Gasteiger partial charge in [-0.3, -0.25) is 0 Å². The number of nitrogens with one attached hydrogen (secondary N) is 1. The zero-order valence-electron chi connectivity index (χ0n) is 10.4. The van der Waals surface area contributed by atoms with E-state index in [4.69, 9.17) is 0 Å². The van der Waals surface area contributed by atoms with E-state index in [-0.39, 0.29) is 6.04 Å². The first kappa shape index (κ1) is 13.6. The third-order valence-electron chi connectivity index (χ3n) is 2.35. The van der Waals surface area contributed by atoms with Crippen LogP contribution in [-0.4, -0.2) is 47.1 Å². The van der Waals surface area contributed by atoms with Crippen LogP contribution < -0.4 is 5.32 Å². The number of hydrogen-bond acceptors (Lipinski definition) is 4. The fourth-order valence-electron chi connectivity index (χ4n) is 1.64. The first-order chi connectivity index (χ1) is 7.56. The van der Waals surface area contributed by atoms with Gasteiger partial charge in [0.15, 0.2) is 4.60 Å². The molecule has 0 bridgehead atoms. The minimum absolute atomic E-state index is 0.254. The van der Waals surface area contributed by atoms with E-state index in [1.54, 1.807) is 0 Å². The van der Waals surface area contributed by atoms with Crippen LogP contribution in [-0.2, 0) is 7.05 Å². The molecule has 1 N–H and O–H groups in total. The molecule has 0 aliphatic carbocycles. The first-order valence-electron chi connectivity index (χ1n) is 5.49. The lowest BCUT2D eigenvalue weighted by atomic mass is 10.2. The summed E-state index contributed by atoms with van der Waals surface area (Å²) >= 11 is 3.45. The van der Waals surface area contributed by atoms with E-state index < -0.39 is 0 Å². The second-order valence-electron chi connectivity index (χ2n) is 4.16. The summed E-state index contributed by atoms with van der Waals surface area (Å²) in [6.45, 7) is 4.09. The number of hydrogen-bond donors (Lipinski definition) is 1. The van der Waals surface area contributed by atoms with Crippen molar-refractivity contribution in [3.63, 3.8) is 0 Å². The van der Waals surface area contributed by atoms with Gasteiger partial charge in [0.1, 0.15) is 0 Å². The third-order valence-corrected chi connectivity index (χ3v) is 2.91. The van der Waals surface area contributed by atoms with Crippen LogP contribution >= 0.6 is 15.9 Å². The van der Waals surface area contributed by atoms with Crippen LogP contribution in [0.15, 0.2) is 4.60 Å². The molecule has 0 amide bonds. The minimum Gasteiger partial charge on any atom is -0.308 e. The van der Waals surface area contributed by atoms with Crippen molar-refractivity contribution in [2.24, 2.45) is 7.05 Å². The fraction of sp³-hybridized carbons (Fsp3) is 0.800. The largest absolute Gasteiger partial charge is 0.308 e. The summed E-state index contributed by atoms with van der Waals surface area (Å²) < 4.78 is 2.64. The second kappa shape index (κ2) is 6.32. The van der Waals surface area contributed by atoms with Crippen molar-refractivity contribution < 1.29 is 0 Å². The summed E-state index contributed by atoms with van der Waals surface area (Å²) in [6.07, 6.45) is 1.12. The molecule has 0 spiro atoms. The predicted octanol–water partition coefficient (Wildman–Crippen LogP) is 1.18. The van der Waals surface area contributed by atoms with Gasteiger partial charge in [-0.1, -0.05) is 12.1 Å². The Hall–Kier alpha value is -0.460. The Morgan fingerprint density at radius 1 is 1.50 bits per heavy atom. The molecule has 1 aromatic rings. The molecule has 1 heterocycles. The Morgan fingerprint density at radius 2 is 2.19 bits per heavy atom. The number of aryl methyl sites for hydroxylation is 1. The van der Waals surface area contributed by atoms with Crippen LogP contribution in [0.1, 0.15) is 25.1 Å². The third kappa shape index (κ3) is 3.54. The van der Waals surface area contributed by atoms with Gasteiger partial charge in [0.25, 0.3) is 0 Å². The number of rotatable bonds is 6. The number of nitrogens with zero attached hydrogens (tertiary/aromatic N) is 4. The lowest BCUT2D eigenvalue weighted by Crippen LogP contribution is -2.33. The lowest BCUT2D eigenvalue weighted by Gasteiger charge is -2.22. The zero-order chi connectivity index (χ0) is 12.1. The highest BCUT2D eigenvalue weighted by Gasteiger charge is 2.19. The van der Waals surface area contributed by atoms with Crippen LogP contribution in [0.5, 0.6) is 0 Å². The van der Waals surface area contributed by atoms with Gasteiger partial charge in [0.05, 0.1) is 11.7 Å². The second-order valence-corrected chi connectivity index (χ2v) is 4.91. The fourth-order valence-corrected chi connectivity index (χ4v) is 2.24. The summed E-state index contributed by atoms with van der Waals surface area (Å²) in [7, 11) is 6.06. The van der Waals surface area contributed by atoms with Gasteiger partial charge in [0, 0.05) is 13.6 Å². The van der Waals surface area contributed by atoms with Crippen LogP contribution in [0.4, 0.5) is 0 Å². The van der Waals surface area contributed by atoms with Gasteiger partial charge in [-0.2, -0.15) is 0 Å². The molecular formula is C10H20BrN5. The normalized spacial score (nSPS) is 13.4. The van der Waals surface area contributed by atoms with Crippen molar-refractivity contribution in [3.05, 3.63) is 10.3 Å². The van der Waals surface area contributed by atoms with Crippen molar-refractivity contribution in [3.8, 4) is 0 Å². The summed E-state index contributed by atoms with van der Waals surface area (Å²) in [5, 5.41) is 11.5. The summed E-state index contributed by atoms with van der Waals surface area (Å²) in [5.74, 6) is 0. The van der Waals surface area contributed by atoms with Crippen LogP contribution in [0, 0.1) is 0 Å². The monoisotopic (exact) mass is 289 g/mol. The van der Waals surface area contributed by atoms with Crippen molar-refractivity contribution in [2.75, 3.05) is 27.2 Å². The molecule has 0 aliphatic heterocycles. The van der Waals surface area contributed by atoms with Gasteiger partial charge >= 0.3 is 0 Å². The van der Waals surface area contributed by atoms with Gasteiger partial charge in [0.2, 0.25) is 0 Å². The average Bonchev–Trinajstić information content (AvgIpc) is 2.53.